The summed E-state index contributed by atoms with van der Waals surface area (Å²) in [6.45, 7) is 0. The van der Waals surface area contributed by atoms with Crippen LogP contribution in [0.25, 0.3) is 0 Å². The van der Waals surface area contributed by atoms with E-state index < -0.39 is 6.10 Å². The largest absolute Gasteiger partial charge is 0.460 e. The van der Waals surface area contributed by atoms with E-state index in [1.54, 1.807) is 36.4 Å². The van der Waals surface area contributed by atoms with Crippen LogP contribution in [0.15, 0.2) is 60.2 Å². The summed E-state index contributed by atoms with van der Waals surface area (Å²) in [5.74, 6) is 0.267. The van der Waals surface area contributed by atoms with E-state index in [0.29, 0.717) is 21.4 Å². The van der Waals surface area contributed by atoms with Gasteiger partial charge in [-0.3, -0.25) is 4.79 Å². The second-order valence-corrected chi connectivity index (χ2v) is 6.64. The van der Waals surface area contributed by atoms with Gasteiger partial charge in [-0.05, 0) is 29.8 Å². The van der Waals surface area contributed by atoms with Gasteiger partial charge in [0.25, 0.3) is 0 Å². The maximum absolute atomic E-state index is 12.4. The van der Waals surface area contributed by atoms with Crippen LogP contribution in [0.3, 0.4) is 0 Å². The number of halogens is 2. The van der Waals surface area contributed by atoms with E-state index in [4.69, 9.17) is 37.9 Å². The maximum Gasteiger partial charge on any atom is 0.249 e. The Hall–Kier alpha value is -1.82. The molecule has 1 aliphatic heterocycles. The Morgan fingerprint density at radius 3 is 2.25 bits per heavy atom. The maximum atomic E-state index is 12.4. The molecule has 4 nitrogen and oxygen atoms in total. The minimum atomic E-state index is -0.798. The number of Topliss-reactive ketones (excluding diaryl/α,β-unsaturated/α-hetero) is 1. The molecule has 0 bridgehead atoms. The fourth-order valence-corrected chi connectivity index (χ4v) is 3.07. The standard InChI is InChI=1S/C17H13Cl2NO3S/c18-12-5-1-10(2-6-12)9-24-23-16-14(21)15(22-17(16)20)11-3-7-13(19)8-4-11/h1-8,15H,9,20H2. The molecule has 0 spiro atoms. The van der Waals surface area contributed by atoms with E-state index in [9.17, 15) is 4.79 Å². The normalized spacial score (nSPS) is 17.1. The van der Waals surface area contributed by atoms with Crippen LogP contribution in [-0.4, -0.2) is 5.78 Å². The van der Waals surface area contributed by atoms with Gasteiger partial charge in [0, 0.05) is 15.6 Å². The summed E-state index contributed by atoms with van der Waals surface area (Å²) < 4.78 is 10.9. The third kappa shape index (κ3) is 3.80. The third-order valence-electron chi connectivity index (χ3n) is 3.38. The number of carbonyl (C=O) groups is 1. The number of carbonyl (C=O) groups excluding carboxylic acids is 1. The molecule has 3 rings (SSSR count). The third-order valence-corrected chi connectivity index (χ3v) is 4.62. The van der Waals surface area contributed by atoms with E-state index in [-0.39, 0.29) is 17.4 Å². The van der Waals surface area contributed by atoms with Gasteiger partial charge in [-0.15, -0.1) is 0 Å². The number of ether oxygens (including phenoxy) is 1. The highest BCUT2D eigenvalue weighted by Crippen LogP contribution is 2.34. The van der Waals surface area contributed by atoms with Gasteiger partial charge in [0.2, 0.25) is 17.4 Å². The Kier molecular flexibility index (Phi) is 5.23. The van der Waals surface area contributed by atoms with Crippen LogP contribution in [0.2, 0.25) is 10.0 Å². The molecular weight excluding hydrogens is 369 g/mol. The number of nitrogens with two attached hydrogens (primary N) is 1. The first kappa shape index (κ1) is 17.0. The van der Waals surface area contributed by atoms with Gasteiger partial charge in [-0.2, -0.15) is 0 Å². The Bertz CT molecular complexity index is 775. The van der Waals surface area contributed by atoms with Crippen LogP contribution in [0.4, 0.5) is 0 Å². The zero-order valence-electron chi connectivity index (χ0n) is 12.4. The van der Waals surface area contributed by atoms with Gasteiger partial charge in [0.05, 0.1) is 17.8 Å². The molecule has 24 heavy (non-hydrogen) atoms. The van der Waals surface area contributed by atoms with Crippen LogP contribution in [0.5, 0.6) is 0 Å². The van der Waals surface area contributed by atoms with Crippen molar-refractivity contribution in [2.45, 2.75) is 11.9 Å². The Morgan fingerprint density at radius 2 is 1.62 bits per heavy atom. The monoisotopic (exact) mass is 381 g/mol. The van der Waals surface area contributed by atoms with Crippen molar-refractivity contribution in [2.75, 3.05) is 0 Å². The van der Waals surface area contributed by atoms with E-state index in [1.807, 2.05) is 12.1 Å². The van der Waals surface area contributed by atoms with Crippen molar-refractivity contribution in [3.8, 4) is 0 Å². The van der Waals surface area contributed by atoms with E-state index in [0.717, 1.165) is 17.6 Å². The summed E-state index contributed by atoms with van der Waals surface area (Å²) in [5, 5.41) is 1.25. The molecule has 0 aliphatic carbocycles. The topological polar surface area (TPSA) is 61.5 Å². The van der Waals surface area contributed by atoms with Crippen molar-refractivity contribution >= 4 is 41.0 Å². The predicted molar refractivity (Wildman–Crippen MR) is 95.3 cm³/mol. The van der Waals surface area contributed by atoms with Crippen molar-refractivity contribution in [3.63, 3.8) is 0 Å². The summed E-state index contributed by atoms with van der Waals surface area (Å²) in [6.07, 6.45) is -0.798. The molecule has 7 heteroatoms. The Morgan fingerprint density at radius 1 is 1.04 bits per heavy atom. The molecule has 2 aromatic carbocycles. The lowest BCUT2D eigenvalue weighted by Crippen LogP contribution is -2.10. The van der Waals surface area contributed by atoms with Gasteiger partial charge >= 0.3 is 0 Å². The Labute approximate surface area is 153 Å². The molecule has 0 aromatic heterocycles. The van der Waals surface area contributed by atoms with Crippen LogP contribution in [0, 0.1) is 0 Å². The van der Waals surface area contributed by atoms with E-state index in [1.165, 1.54) is 0 Å². The first-order valence-electron chi connectivity index (χ1n) is 7.04. The van der Waals surface area contributed by atoms with E-state index >= 15 is 0 Å². The first-order chi connectivity index (χ1) is 11.5. The van der Waals surface area contributed by atoms with Crippen molar-refractivity contribution in [3.05, 3.63) is 81.3 Å². The summed E-state index contributed by atoms with van der Waals surface area (Å²) in [4.78, 5) is 12.4. The molecule has 0 saturated heterocycles. The average molecular weight is 382 g/mol. The molecule has 0 amide bonds. The SMILES string of the molecule is NC1=C(OSCc2ccc(Cl)cc2)C(=O)C(c2ccc(Cl)cc2)O1. The molecule has 1 heterocycles. The van der Waals surface area contributed by atoms with Crippen molar-refractivity contribution in [1.82, 2.24) is 0 Å². The lowest BCUT2D eigenvalue weighted by atomic mass is 10.1. The lowest BCUT2D eigenvalue weighted by Gasteiger charge is -2.09. The number of benzene rings is 2. The molecule has 1 atom stereocenters. The van der Waals surface area contributed by atoms with Crippen LogP contribution >= 0.6 is 35.2 Å². The molecule has 1 aliphatic rings. The summed E-state index contributed by atoms with van der Waals surface area (Å²) in [6, 6.07) is 14.2. The summed E-state index contributed by atoms with van der Waals surface area (Å²) in [5.41, 5.74) is 7.47. The second-order valence-electron chi connectivity index (χ2n) is 5.08. The average Bonchev–Trinajstić information content (AvgIpc) is 2.85. The molecule has 2 aromatic rings. The molecule has 0 radical (unpaired) electrons. The number of hydrogen-bond donors (Lipinski definition) is 1. The zero-order chi connectivity index (χ0) is 17.1. The second kappa shape index (κ2) is 7.38. The minimum absolute atomic E-state index is 0.0106. The molecule has 124 valence electrons. The highest BCUT2D eigenvalue weighted by molar-refractivity contribution is 7.94. The van der Waals surface area contributed by atoms with Gasteiger partial charge in [0.15, 0.2) is 6.10 Å². The number of ketones is 1. The highest BCUT2D eigenvalue weighted by atomic mass is 35.5. The van der Waals surface area contributed by atoms with Crippen LogP contribution in [0.1, 0.15) is 17.2 Å². The Balaban J connectivity index is 1.61. The van der Waals surface area contributed by atoms with Crippen molar-refractivity contribution in [1.29, 1.82) is 0 Å². The van der Waals surface area contributed by atoms with Gasteiger partial charge in [-0.1, -0.05) is 47.5 Å². The minimum Gasteiger partial charge on any atom is -0.460 e. The fraction of sp³-hybridized carbons (Fsp3) is 0.118. The molecule has 0 saturated carbocycles. The number of hydrogen-bond acceptors (Lipinski definition) is 5. The molecular formula is C17H13Cl2NO3S. The van der Waals surface area contributed by atoms with Crippen LogP contribution in [-0.2, 0) is 19.5 Å². The van der Waals surface area contributed by atoms with Crippen molar-refractivity contribution in [2.24, 2.45) is 5.73 Å². The summed E-state index contributed by atoms with van der Waals surface area (Å²) >= 11 is 12.8. The van der Waals surface area contributed by atoms with Crippen molar-refractivity contribution < 1.29 is 13.7 Å². The lowest BCUT2D eigenvalue weighted by molar-refractivity contribution is -0.122. The smallest absolute Gasteiger partial charge is 0.249 e. The quantitative estimate of drug-likeness (QED) is 0.765. The zero-order valence-corrected chi connectivity index (χ0v) is 14.7. The molecule has 0 fully saturated rings. The predicted octanol–water partition coefficient (Wildman–Crippen LogP) is 4.63. The van der Waals surface area contributed by atoms with Gasteiger partial charge < -0.3 is 14.7 Å². The van der Waals surface area contributed by atoms with Crippen LogP contribution < -0.4 is 5.73 Å². The highest BCUT2D eigenvalue weighted by Gasteiger charge is 2.37. The van der Waals surface area contributed by atoms with E-state index in [2.05, 4.69) is 0 Å². The molecule has 2 N–H and O–H groups in total. The molecule has 1 unspecified atom stereocenters. The summed E-state index contributed by atoms with van der Waals surface area (Å²) in [7, 11) is 0. The van der Waals surface area contributed by atoms with Gasteiger partial charge in [0.1, 0.15) is 0 Å². The van der Waals surface area contributed by atoms with Gasteiger partial charge in [-0.25, -0.2) is 0 Å². The fourth-order valence-electron chi connectivity index (χ4n) is 2.15. The number of rotatable bonds is 5. The first-order valence-corrected chi connectivity index (χ1v) is 8.71.